The molecule has 0 saturated carbocycles. The van der Waals surface area contributed by atoms with Gasteiger partial charge >= 0.3 is 5.97 Å². The Kier molecular flexibility index (Phi) is 9.64. The van der Waals surface area contributed by atoms with Crippen LogP contribution in [-0.4, -0.2) is 11.1 Å². The number of benzene rings is 2. The maximum Gasteiger partial charge on any atom is 0.335 e. The van der Waals surface area contributed by atoms with Crippen LogP contribution in [-0.2, 0) is 0 Å². The van der Waals surface area contributed by atoms with Crippen LogP contribution in [0.5, 0.6) is 0 Å². The Hall–Kier alpha value is -2.06. The molecule has 0 unspecified atom stereocenters. The number of aromatic carboxylic acids is 1. The number of carboxylic acids is 1. The van der Waals surface area contributed by atoms with Crippen molar-refractivity contribution in [2.45, 2.75) is 39.0 Å². The summed E-state index contributed by atoms with van der Waals surface area (Å²) in [6, 6.07) is 16.7. The van der Waals surface area contributed by atoms with Gasteiger partial charge in [-0.25, -0.2) is 4.79 Å². The molecule has 2 aromatic rings. The average Bonchev–Trinajstić information content (AvgIpc) is 2.61. The third-order valence-electron chi connectivity index (χ3n) is 4.14. The molecule has 1 N–H and O–H groups in total. The SMILES string of the molecule is C=CC[C@@H](C)[C@H](CCC)c1ccc(C(=O)O)cc1.Clc1ccccc1. The molecule has 25 heavy (non-hydrogen) atoms. The Morgan fingerprint density at radius 1 is 1.16 bits per heavy atom. The van der Waals surface area contributed by atoms with Crippen molar-refractivity contribution in [3.8, 4) is 0 Å². The van der Waals surface area contributed by atoms with E-state index < -0.39 is 5.97 Å². The first-order valence-electron chi connectivity index (χ1n) is 8.64. The molecule has 0 aromatic heterocycles. The van der Waals surface area contributed by atoms with E-state index in [0.717, 1.165) is 24.3 Å². The zero-order valence-electron chi connectivity index (χ0n) is 15.0. The van der Waals surface area contributed by atoms with Gasteiger partial charge < -0.3 is 5.11 Å². The van der Waals surface area contributed by atoms with Crippen LogP contribution in [0.25, 0.3) is 0 Å². The highest BCUT2D eigenvalue weighted by Gasteiger charge is 2.17. The molecule has 0 fully saturated rings. The molecule has 2 nitrogen and oxygen atoms in total. The van der Waals surface area contributed by atoms with E-state index in [4.69, 9.17) is 16.7 Å². The fraction of sp³-hybridized carbons (Fsp3) is 0.318. The molecule has 0 spiro atoms. The van der Waals surface area contributed by atoms with Crippen molar-refractivity contribution in [1.29, 1.82) is 0 Å². The number of hydrogen-bond acceptors (Lipinski definition) is 1. The van der Waals surface area contributed by atoms with E-state index in [1.165, 1.54) is 5.56 Å². The summed E-state index contributed by atoms with van der Waals surface area (Å²) in [5.74, 6) is 0.154. The van der Waals surface area contributed by atoms with Gasteiger partial charge in [-0.1, -0.05) is 68.3 Å². The minimum Gasteiger partial charge on any atom is -0.478 e. The van der Waals surface area contributed by atoms with Gasteiger partial charge in [0, 0.05) is 5.02 Å². The Morgan fingerprint density at radius 3 is 2.16 bits per heavy atom. The van der Waals surface area contributed by atoms with Gasteiger partial charge in [0.25, 0.3) is 0 Å². The Labute approximate surface area is 156 Å². The van der Waals surface area contributed by atoms with Crippen molar-refractivity contribution in [3.63, 3.8) is 0 Å². The highest BCUT2D eigenvalue weighted by atomic mass is 35.5. The summed E-state index contributed by atoms with van der Waals surface area (Å²) in [5, 5.41) is 9.69. The molecule has 0 amide bonds. The van der Waals surface area contributed by atoms with Gasteiger partial charge in [0.1, 0.15) is 0 Å². The molecule has 0 aliphatic rings. The first-order valence-corrected chi connectivity index (χ1v) is 9.02. The van der Waals surface area contributed by atoms with Crippen LogP contribution < -0.4 is 0 Å². The van der Waals surface area contributed by atoms with Crippen LogP contribution >= 0.6 is 11.6 Å². The molecular weight excluding hydrogens is 332 g/mol. The van der Waals surface area contributed by atoms with E-state index in [9.17, 15) is 4.79 Å². The van der Waals surface area contributed by atoms with Crippen molar-refractivity contribution >= 4 is 17.6 Å². The van der Waals surface area contributed by atoms with Gasteiger partial charge in [-0.15, -0.1) is 6.58 Å². The maximum atomic E-state index is 10.8. The van der Waals surface area contributed by atoms with E-state index in [0.29, 0.717) is 17.4 Å². The van der Waals surface area contributed by atoms with E-state index in [1.54, 1.807) is 12.1 Å². The topological polar surface area (TPSA) is 37.3 Å². The zero-order valence-corrected chi connectivity index (χ0v) is 15.7. The normalized spacial score (nSPS) is 12.4. The largest absolute Gasteiger partial charge is 0.478 e. The predicted octanol–water partition coefficient (Wildman–Crippen LogP) is 6.82. The molecule has 134 valence electrons. The lowest BCUT2D eigenvalue weighted by molar-refractivity contribution is 0.0697. The molecular formula is C22H27ClO2. The van der Waals surface area contributed by atoms with Gasteiger partial charge in [-0.2, -0.15) is 0 Å². The van der Waals surface area contributed by atoms with Crippen LogP contribution in [0.4, 0.5) is 0 Å². The third kappa shape index (κ3) is 7.57. The van der Waals surface area contributed by atoms with Crippen molar-refractivity contribution in [2.24, 2.45) is 5.92 Å². The molecule has 0 heterocycles. The predicted molar refractivity (Wildman–Crippen MR) is 106 cm³/mol. The molecule has 3 heteroatoms. The molecule has 2 aromatic carbocycles. The van der Waals surface area contributed by atoms with E-state index >= 15 is 0 Å². The second-order valence-corrected chi connectivity index (χ2v) is 6.56. The summed E-state index contributed by atoms with van der Waals surface area (Å²) in [6.07, 6.45) is 5.21. The molecule has 0 saturated heterocycles. The Morgan fingerprint density at radius 2 is 1.76 bits per heavy atom. The number of allylic oxidation sites excluding steroid dienone is 1. The number of rotatable bonds is 7. The monoisotopic (exact) mass is 358 g/mol. The van der Waals surface area contributed by atoms with Crippen LogP contribution in [0.1, 0.15) is 54.9 Å². The van der Waals surface area contributed by atoms with E-state index in [1.807, 2.05) is 48.5 Å². The van der Waals surface area contributed by atoms with Crippen molar-refractivity contribution in [1.82, 2.24) is 0 Å². The van der Waals surface area contributed by atoms with Gasteiger partial charge in [-0.3, -0.25) is 0 Å². The third-order valence-corrected chi connectivity index (χ3v) is 4.40. The summed E-state index contributed by atoms with van der Waals surface area (Å²) in [7, 11) is 0. The lowest BCUT2D eigenvalue weighted by Crippen LogP contribution is -2.09. The van der Waals surface area contributed by atoms with Crippen LogP contribution in [0, 0.1) is 5.92 Å². The highest BCUT2D eigenvalue weighted by Crippen LogP contribution is 2.31. The minimum absolute atomic E-state index is 0.352. The van der Waals surface area contributed by atoms with Gasteiger partial charge in [0.05, 0.1) is 5.56 Å². The van der Waals surface area contributed by atoms with Crippen molar-refractivity contribution in [2.75, 3.05) is 0 Å². The van der Waals surface area contributed by atoms with Gasteiger partial charge in [0.15, 0.2) is 0 Å². The zero-order chi connectivity index (χ0) is 18.7. The lowest BCUT2D eigenvalue weighted by atomic mass is 9.82. The number of halogens is 1. The van der Waals surface area contributed by atoms with Crippen LogP contribution in [0.3, 0.4) is 0 Å². The summed E-state index contributed by atoms with van der Waals surface area (Å²) < 4.78 is 0. The lowest BCUT2D eigenvalue weighted by Gasteiger charge is -2.23. The fourth-order valence-electron chi connectivity index (χ4n) is 2.81. The van der Waals surface area contributed by atoms with Crippen LogP contribution in [0.2, 0.25) is 5.02 Å². The molecule has 0 aliphatic carbocycles. The summed E-state index contributed by atoms with van der Waals surface area (Å²) >= 11 is 5.54. The summed E-state index contributed by atoms with van der Waals surface area (Å²) in [5.41, 5.74) is 1.58. The second kappa shape index (κ2) is 11.5. The van der Waals surface area contributed by atoms with Crippen molar-refractivity contribution < 1.29 is 9.90 Å². The quantitative estimate of drug-likeness (QED) is 0.551. The Balaban J connectivity index is 0.000000370. The van der Waals surface area contributed by atoms with Crippen LogP contribution in [0.15, 0.2) is 67.3 Å². The first kappa shape index (κ1) is 21.0. The van der Waals surface area contributed by atoms with Gasteiger partial charge in [-0.05, 0) is 54.5 Å². The smallest absolute Gasteiger partial charge is 0.335 e. The summed E-state index contributed by atoms with van der Waals surface area (Å²) in [4.78, 5) is 10.8. The maximum absolute atomic E-state index is 10.8. The van der Waals surface area contributed by atoms with Crippen molar-refractivity contribution in [3.05, 3.63) is 83.4 Å². The molecule has 0 radical (unpaired) electrons. The minimum atomic E-state index is -0.868. The first-order chi connectivity index (χ1) is 12.0. The number of carbonyl (C=O) groups is 1. The average molecular weight is 359 g/mol. The highest BCUT2D eigenvalue weighted by molar-refractivity contribution is 6.30. The van der Waals surface area contributed by atoms with E-state index in [-0.39, 0.29) is 0 Å². The molecule has 0 aliphatic heterocycles. The summed E-state index contributed by atoms with van der Waals surface area (Å²) in [6.45, 7) is 8.21. The van der Waals surface area contributed by atoms with Gasteiger partial charge in [0.2, 0.25) is 0 Å². The van der Waals surface area contributed by atoms with E-state index in [2.05, 4.69) is 20.4 Å². The molecule has 2 rings (SSSR count). The second-order valence-electron chi connectivity index (χ2n) is 6.12. The molecule has 0 bridgehead atoms. The standard InChI is InChI=1S/C16H22O2.C6H5Cl/c1-4-6-12(3)15(7-5-2)13-8-10-14(11-9-13)16(17)18;7-6-4-2-1-3-5-6/h4,8-12,15H,1,5-7H2,2-3H3,(H,17,18);1-5H/t12-,15+;/m1./s1. The molecule has 2 atom stereocenters. The number of hydrogen-bond donors (Lipinski definition) is 1. The Bertz CT molecular complexity index is 635. The number of carboxylic acid groups (broad SMARTS) is 1. The fourth-order valence-corrected chi connectivity index (χ4v) is 2.95.